The molecular formula is C35H46N6O3. The molecule has 44 heavy (non-hydrogen) atoms. The second-order valence-electron chi connectivity index (χ2n) is 13.7. The van der Waals surface area contributed by atoms with Crippen molar-refractivity contribution in [3.05, 3.63) is 58.5 Å². The summed E-state index contributed by atoms with van der Waals surface area (Å²) in [6, 6.07) is 8.76. The van der Waals surface area contributed by atoms with Gasteiger partial charge in [0, 0.05) is 68.0 Å². The van der Waals surface area contributed by atoms with Crippen LogP contribution in [0.15, 0.2) is 30.5 Å². The van der Waals surface area contributed by atoms with Crippen molar-refractivity contribution in [2.75, 3.05) is 47.4 Å². The number of ether oxygens (including phenoxy) is 1. The lowest BCUT2D eigenvalue weighted by Crippen LogP contribution is -2.46. The van der Waals surface area contributed by atoms with Gasteiger partial charge < -0.3 is 24.5 Å². The molecule has 2 unspecified atom stereocenters. The van der Waals surface area contributed by atoms with Gasteiger partial charge in [-0.1, -0.05) is 32.0 Å². The second kappa shape index (κ2) is 12.0. The average Bonchev–Trinajstić information content (AvgIpc) is 2.97. The maximum absolute atomic E-state index is 12.0. The van der Waals surface area contributed by atoms with Crippen LogP contribution >= 0.6 is 0 Å². The normalized spacial score (nSPS) is 21.7. The summed E-state index contributed by atoms with van der Waals surface area (Å²) >= 11 is 0. The summed E-state index contributed by atoms with van der Waals surface area (Å²) < 4.78 is 5.91. The number of nitrogens with zero attached hydrogens (tertiary/aromatic N) is 6. The zero-order valence-corrected chi connectivity index (χ0v) is 27.1. The van der Waals surface area contributed by atoms with E-state index in [-0.39, 0.29) is 18.6 Å². The molecule has 234 valence electrons. The third-order valence-corrected chi connectivity index (χ3v) is 9.58. The molecule has 2 atom stereocenters. The van der Waals surface area contributed by atoms with E-state index in [1.807, 2.05) is 19.2 Å². The SMILES string of the molecule is Cc1nc(C)c(-c2ccc3c(c2)CCN(c2ccnc(N4CC(C)OC(C)C4)n2)C3)c(N2CCC(C)(C)CC2)c1CC(=O)O. The molecule has 6 rings (SSSR count). The minimum absolute atomic E-state index is 0.0234. The Labute approximate surface area is 261 Å². The lowest BCUT2D eigenvalue weighted by molar-refractivity contribution is -0.136. The topological polar surface area (TPSA) is 94.9 Å². The van der Waals surface area contributed by atoms with Crippen molar-refractivity contribution in [2.24, 2.45) is 5.41 Å². The van der Waals surface area contributed by atoms with Gasteiger partial charge in [-0.05, 0) is 75.1 Å². The van der Waals surface area contributed by atoms with Crippen LogP contribution in [0.3, 0.4) is 0 Å². The van der Waals surface area contributed by atoms with Gasteiger partial charge in [0.25, 0.3) is 0 Å². The number of carboxylic acid groups (broad SMARTS) is 1. The van der Waals surface area contributed by atoms with Gasteiger partial charge in [-0.3, -0.25) is 9.78 Å². The highest BCUT2D eigenvalue weighted by Crippen LogP contribution is 2.42. The predicted molar refractivity (Wildman–Crippen MR) is 175 cm³/mol. The molecule has 9 nitrogen and oxygen atoms in total. The number of anilines is 3. The zero-order valence-electron chi connectivity index (χ0n) is 27.1. The van der Waals surface area contributed by atoms with Crippen molar-refractivity contribution in [1.82, 2.24) is 15.0 Å². The number of pyridine rings is 1. The van der Waals surface area contributed by atoms with E-state index in [4.69, 9.17) is 14.7 Å². The van der Waals surface area contributed by atoms with E-state index in [9.17, 15) is 9.90 Å². The van der Waals surface area contributed by atoms with Crippen molar-refractivity contribution < 1.29 is 14.6 Å². The maximum atomic E-state index is 12.0. The summed E-state index contributed by atoms with van der Waals surface area (Å²) in [6.45, 7) is 17.9. The molecule has 2 saturated heterocycles. The van der Waals surface area contributed by atoms with E-state index in [0.717, 1.165) is 104 Å². The summed E-state index contributed by atoms with van der Waals surface area (Å²) in [5, 5.41) is 9.85. The predicted octanol–water partition coefficient (Wildman–Crippen LogP) is 5.59. The van der Waals surface area contributed by atoms with E-state index in [1.165, 1.54) is 11.1 Å². The first-order chi connectivity index (χ1) is 21.0. The highest BCUT2D eigenvalue weighted by Gasteiger charge is 2.31. The van der Waals surface area contributed by atoms with Gasteiger partial charge in [-0.2, -0.15) is 4.98 Å². The highest BCUT2D eigenvalue weighted by atomic mass is 16.5. The smallest absolute Gasteiger partial charge is 0.307 e. The van der Waals surface area contributed by atoms with Gasteiger partial charge in [0.1, 0.15) is 5.82 Å². The van der Waals surface area contributed by atoms with Crippen LogP contribution in [-0.4, -0.2) is 71.0 Å². The maximum Gasteiger partial charge on any atom is 0.307 e. The third kappa shape index (κ3) is 6.25. The van der Waals surface area contributed by atoms with Gasteiger partial charge in [0.05, 0.1) is 24.3 Å². The van der Waals surface area contributed by atoms with Crippen molar-refractivity contribution in [3.63, 3.8) is 0 Å². The van der Waals surface area contributed by atoms with Crippen LogP contribution in [0.2, 0.25) is 0 Å². The molecule has 1 N–H and O–H groups in total. The lowest BCUT2D eigenvalue weighted by Gasteiger charge is -2.40. The van der Waals surface area contributed by atoms with Crippen molar-refractivity contribution in [2.45, 2.75) is 86.0 Å². The molecule has 0 spiro atoms. The Bertz CT molecular complexity index is 1540. The van der Waals surface area contributed by atoms with Crippen LogP contribution in [0.25, 0.3) is 11.1 Å². The largest absolute Gasteiger partial charge is 0.481 e. The standard InChI is InChI=1S/C35H46N6O3/c1-22-19-41(20-23(2)44-22)34-36-13-9-30(38-34)40-14-10-26-17-27(7-8-28(26)21-40)32-25(4)37-24(3)29(18-31(42)43)33(32)39-15-11-35(5,6)12-16-39/h7-9,13,17,22-23H,10-12,14-16,18-21H2,1-6H3,(H,42,43). The average molecular weight is 599 g/mol. The van der Waals surface area contributed by atoms with E-state index < -0.39 is 5.97 Å². The van der Waals surface area contributed by atoms with Crippen LogP contribution in [0, 0.1) is 19.3 Å². The Morgan fingerprint density at radius 3 is 2.39 bits per heavy atom. The van der Waals surface area contributed by atoms with Crippen LogP contribution in [0.4, 0.5) is 17.5 Å². The summed E-state index contributed by atoms with van der Waals surface area (Å²) in [4.78, 5) is 33.4. The van der Waals surface area contributed by atoms with Crippen LogP contribution in [0.1, 0.15) is 68.6 Å². The Hall–Kier alpha value is -3.72. The molecule has 9 heteroatoms. The minimum Gasteiger partial charge on any atom is -0.481 e. The minimum atomic E-state index is -0.820. The highest BCUT2D eigenvalue weighted by molar-refractivity contribution is 5.86. The number of aliphatic carboxylic acids is 1. The fourth-order valence-electron chi connectivity index (χ4n) is 7.17. The number of piperidine rings is 1. The Morgan fingerprint density at radius 1 is 0.955 bits per heavy atom. The van der Waals surface area contributed by atoms with Gasteiger partial charge in [-0.25, -0.2) is 4.98 Å². The quantitative estimate of drug-likeness (QED) is 0.390. The Balaban J connectivity index is 1.30. The number of benzene rings is 1. The first-order valence-electron chi connectivity index (χ1n) is 16.0. The molecule has 3 aliphatic heterocycles. The molecule has 3 aliphatic rings. The number of rotatable bonds is 6. The summed E-state index contributed by atoms with van der Waals surface area (Å²) in [7, 11) is 0. The molecule has 0 bridgehead atoms. The van der Waals surface area contributed by atoms with E-state index in [0.29, 0.717) is 5.41 Å². The number of hydrogen-bond donors (Lipinski definition) is 1. The first-order valence-corrected chi connectivity index (χ1v) is 16.0. The molecule has 1 aromatic carbocycles. The zero-order chi connectivity index (χ0) is 31.2. The Morgan fingerprint density at radius 2 is 1.68 bits per heavy atom. The van der Waals surface area contributed by atoms with Crippen molar-refractivity contribution >= 4 is 23.4 Å². The Kier molecular flexibility index (Phi) is 8.26. The van der Waals surface area contributed by atoms with Crippen LogP contribution in [0.5, 0.6) is 0 Å². The molecule has 0 saturated carbocycles. The molecule has 0 amide bonds. The molecular weight excluding hydrogens is 552 g/mol. The first kappa shape index (κ1) is 30.3. The third-order valence-electron chi connectivity index (χ3n) is 9.58. The number of hydrogen-bond acceptors (Lipinski definition) is 8. The van der Waals surface area contributed by atoms with Crippen LogP contribution < -0.4 is 14.7 Å². The number of aromatic nitrogens is 3. The summed E-state index contributed by atoms with van der Waals surface area (Å²) in [5.41, 5.74) is 8.77. The van der Waals surface area contributed by atoms with Crippen molar-refractivity contribution in [3.8, 4) is 11.1 Å². The fourth-order valence-corrected chi connectivity index (χ4v) is 7.17. The number of carboxylic acids is 1. The van der Waals surface area contributed by atoms with Gasteiger partial charge in [0.15, 0.2) is 0 Å². The second-order valence-corrected chi connectivity index (χ2v) is 13.7. The molecule has 3 aromatic rings. The van der Waals surface area contributed by atoms with E-state index in [2.05, 4.69) is 72.5 Å². The van der Waals surface area contributed by atoms with Crippen molar-refractivity contribution in [1.29, 1.82) is 0 Å². The molecule has 5 heterocycles. The van der Waals surface area contributed by atoms with Gasteiger partial charge >= 0.3 is 5.97 Å². The van der Waals surface area contributed by atoms with Gasteiger partial charge in [-0.15, -0.1) is 0 Å². The number of carbonyl (C=O) groups is 1. The van der Waals surface area contributed by atoms with E-state index >= 15 is 0 Å². The molecule has 0 aliphatic carbocycles. The molecule has 2 aromatic heterocycles. The fraction of sp³-hybridized carbons (Fsp3) is 0.543. The number of fused-ring (bicyclic) bond motifs is 1. The van der Waals surface area contributed by atoms with E-state index in [1.54, 1.807) is 0 Å². The molecule has 2 fully saturated rings. The summed E-state index contributed by atoms with van der Waals surface area (Å²) in [6.07, 6.45) is 5.20. The molecule has 0 radical (unpaired) electrons. The van der Waals surface area contributed by atoms with Gasteiger partial charge in [0.2, 0.25) is 5.95 Å². The number of morpholine rings is 1. The monoisotopic (exact) mass is 598 g/mol. The van der Waals surface area contributed by atoms with Crippen LogP contribution in [-0.2, 0) is 28.9 Å². The lowest BCUT2D eigenvalue weighted by atomic mass is 9.82. The summed E-state index contributed by atoms with van der Waals surface area (Å²) in [5.74, 6) is 0.891. The number of aryl methyl sites for hydroxylation is 2.